The molecule has 1 atom stereocenters. The Balaban J connectivity index is 0.000000142. The number of carbonyl (C=O) groups excluding carboxylic acids is 5. The van der Waals surface area contributed by atoms with Crippen molar-refractivity contribution in [1.29, 1.82) is 0 Å². The number of ether oxygens (including phenoxy) is 10. The van der Waals surface area contributed by atoms with Gasteiger partial charge in [0.05, 0.1) is 83.1 Å². The molecule has 3 aliphatic carbocycles. The van der Waals surface area contributed by atoms with Gasteiger partial charge in [-0.1, -0.05) is 6.07 Å². The fourth-order valence-corrected chi connectivity index (χ4v) is 14.7. The standard InChI is InChI=1S/C29H30N4O4.C22H25N3O5.C20H20N2O2S.C16H21NO4/c1-36-26-15-12-21(18-27(26)37-24-7-2-3-8-24)25-9-5-17-33(32-25)29(35)20-10-13-23(14-11-20)31-28(34)22-6-4-16-30-19-22;1-4-30-22(27)23-17-10-7-15(8-11-17)21(26)25-13-5-6-18(24-25)16-9-12-19(28-2)20(14-16)29-3;1-23-18-7-6-15(12-19(18)24-16-4-2-3-5-16)17-13-25-20(22-17)14-8-10-21-11-9-14;1-19-13-7-6-11(15-9-17-16(18)10-20-15)8-14(13)21-12-4-2-3-5-12/h4,6,10-16,18-19,24H,2-3,5,7-9,17H2,1H3,(H,31,34);7-12,14H,4-6,13H2,1-3H3,(H,23,27);6-13,16H,2-5H2,1H3;6-8,12,15H,2-5,9-10H2,1H3,(H,17,18). The van der Waals surface area contributed by atoms with Crippen LogP contribution in [-0.4, -0.2) is 153 Å². The number of pyridine rings is 2. The maximum Gasteiger partial charge on any atom is 0.411 e. The number of methoxy groups -OCH3 is 5. The number of benzene rings is 6. The highest BCUT2D eigenvalue weighted by Gasteiger charge is 2.28. The molecule has 0 radical (unpaired) electrons. The van der Waals surface area contributed by atoms with Crippen molar-refractivity contribution in [3.8, 4) is 67.8 Å². The van der Waals surface area contributed by atoms with Crippen molar-refractivity contribution in [2.45, 2.75) is 134 Å². The van der Waals surface area contributed by atoms with Gasteiger partial charge in [-0.25, -0.2) is 19.8 Å². The number of hydrazone groups is 2. The van der Waals surface area contributed by atoms with Crippen molar-refractivity contribution < 1.29 is 71.3 Å². The first kappa shape index (κ1) is 80.6. The van der Waals surface area contributed by atoms with Crippen LogP contribution in [0, 0.1) is 0 Å². The van der Waals surface area contributed by atoms with Crippen LogP contribution in [-0.2, 0) is 14.3 Å². The Hall–Kier alpha value is -11.9. The Morgan fingerprint density at radius 3 is 1.47 bits per heavy atom. The Kier molecular flexibility index (Phi) is 28.8. The van der Waals surface area contributed by atoms with Gasteiger partial charge in [0.15, 0.2) is 46.0 Å². The number of morpholine rings is 1. The molecular formula is C87H96N10O15S. The number of rotatable bonds is 22. The van der Waals surface area contributed by atoms with Gasteiger partial charge in [0.25, 0.3) is 17.7 Å². The third-order valence-corrected chi connectivity index (χ3v) is 20.7. The molecule has 1 unspecified atom stereocenters. The lowest BCUT2D eigenvalue weighted by Crippen LogP contribution is -2.38. The summed E-state index contributed by atoms with van der Waals surface area (Å²) in [5, 5.41) is 23.6. The number of thiazole rings is 1. The number of aromatic nitrogens is 3. The van der Waals surface area contributed by atoms with Crippen LogP contribution in [0.3, 0.4) is 0 Å². The van der Waals surface area contributed by atoms with Crippen molar-refractivity contribution in [1.82, 2.24) is 30.3 Å². The molecule has 3 aliphatic heterocycles. The SMILES string of the molecule is CCOC(=O)Nc1ccc(C(=O)N2CCCC(c3ccc(OC)c(OC)c3)=N2)cc1.COc1ccc(-c2csc(-c3ccncc3)n2)cc1OC1CCCC1.COc1ccc(C2=NN(C(=O)c3ccc(NC(=O)c4cccnc4)cc3)CCC2)cc1OC1CCCC1.COc1ccc(C2CNC(=O)CO2)cc1OC1CCCC1. The highest BCUT2D eigenvalue weighted by molar-refractivity contribution is 7.13. The first-order valence-electron chi connectivity index (χ1n) is 38.4. The second-order valence-corrected chi connectivity index (χ2v) is 28.4. The molecule has 6 aliphatic rings. The summed E-state index contributed by atoms with van der Waals surface area (Å²) >= 11 is 1.64. The number of anilines is 2. The maximum atomic E-state index is 13.2. The highest BCUT2D eigenvalue weighted by Crippen LogP contribution is 2.40. The fraction of sp³-hybridized carbons (Fsp3) is 0.356. The van der Waals surface area contributed by atoms with Crippen molar-refractivity contribution >= 4 is 63.9 Å². The van der Waals surface area contributed by atoms with E-state index >= 15 is 0 Å². The summed E-state index contributed by atoms with van der Waals surface area (Å²) < 4.78 is 55.9. The van der Waals surface area contributed by atoms with Crippen LogP contribution in [0.15, 0.2) is 186 Å². The zero-order chi connectivity index (χ0) is 78.8. The van der Waals surface area contributed by atoms with E-state index < -0.39 is 6.09 Å². The average molecular weight is 1550 g/mol. The summed E-state index contributed by atoms with van der Waals surface area (Å²) in [6.07, 6.45) is 23.9. The number of hydrogen-bond donors (Lipinski definition) is 3. The van der Waals surface area contributed by atoms with Crippen LogP contribution < -0.4 is 53.8 Å². The zero-order valence-electron chi connectivity index (χ0n) is 64.6. The molecule has 3 saturated carbocycles. The quantitative estimate of drug-likeness (QED) is 0.0568. The number of nitrogens with zero attached hydrogens (tertiary/aromatic N) is 7. The van der Waals surface area contributed by atoms with Crippen LogP contribution in [0.1, 0.15) is 164 Å². The zero-order valence-corrected chi connectivity index (χ0v) is 65.4. The van der Waals surface area contributed by atoms with Gasteiger partial charge >= 0.3 is 6.09 Å². The molecule has 9 aromatic rings. The van der Waals surface area contributed by atoms with Crippen LogP contribution in [0.5, 0.6) is 46.0 Å². The summed E-state index contributed by atoms with van der Waals surface area (Å²) in [5.41, 5.74) is 10.2. The molecule has 0 spiro atoms. The summed E-state index contributed by atoms with van der Waals surface area (Å²) in [5.74, 6) is 5.08. The average Bonchev–Trinajstić information content (AvgIpc) is 1.69. The van der Waals surface area contributed by atoms with E-state index in [0.29, 0.717) is 71.1 Å². The van der Waals surface area contributed by atoms with Crippen molar-refractivity contribution in [3.63, 3.8) is 0 Å². The van der Waals surface area contributed by atoms with Crippen molar-refractivity contribution in [3.05, 3.63) is 209 Å². The Labute approximate surface area is 662 Å². The molecule has 3 N–H and O–H groups in total. The monoisotopic (exact) mass is 1550 g/mol. The molecule has 1 saturated heterocycles. The van der Waals surface area contributed by atoms with Gasteiger partial charge < -0.3 is 58.0 Å². The fourth-order valence-electron chi connectivity index (χ4n) is 13.8. The van der Waals surface area contributed by atoms with Crippen LogP contribution in [0.25, 0.3) is 21.8 Å². The normalized spacial score (nSPS) is 16.2. The Morgan fingerprint density at radius 1 is 0.504 bits per heavy atom. The maximum absolute atomic E-state index is 13.2. The van der Waals surface area contributed by atoms with Gasteiger partial charge in [0.1, 0.15) is 17.7 Å². The minimum absolute atomic E-state index is 0.0674. The third kappa shape index (κ3) is 22.0. The van der Waals surface area contributed by atoms with Gasteiger partial charge in [-0.2, -0.15) is 10.2 Å². The molecule has 0 bridgehead atoms. The predicted molar refractivity (Wildman–Crippen MR) is 433 cm³/mol. The van der Waals surface area contributed by atoms with Crippen LogP contribution >= 0.6 is 11.3 Å². The van der Waals surface area contributed by atoms with E-state index in [2.05, 4.69) is 36.4 Å². The van der Waals surface area contributed by atoms with Crippen LogP contribution in [0.2, 0.25) is 0 Å². The molecule has 15 rings (SSSR count). The summed E-state index contributed by atoms with van der Waals surface area (Å²) in [6, 6.07) is 44.1. The Bertz CT molecular complexity index is 4730. The summed E-state index contributed by atoms with van der Waals surface area (Å²) in [6.45, 7) is 3.71. The van der Waals surface area contributed by atoms with E-state index in [9.17, 15) is 24.0 Å². The second kappa shape index (κ2) is 40.3. The number of nitrogens with one attached hydrogen (secondary N) is 3. The molecule has 113 heavy (non-hydrogen) atoms. The van der Waals surface area contributed by atoms with E-state index in [1.54, 1.807) is 133 Å². The van der Waals surface area contributed by atoms with Crippen molar-refractivity contribution in [2.24, 2.45) is 10.2 Å². The highest BCUT2D eigenvalue weighted by atomic mass is 32.1. The number of carbonyl (C=O) groups is 5. The number of hydrogen-bond acceptors (Lipinski definition) is 21. The van der Waals surface area contributed by atoms with Gasteiger partial charge in [0.2, 0.25) is 5.91 Å². The van der Waals surface area contributed by atoms with Gasteiger partial charge in [0, 0.05) is 94.6 Å². The van der Waals surface area contributed by atoms with E-state index in [1.807, 2.05) is 84.9 Å². The van der Waals surface area contributed by atoms with Gasteiger partial charge in [-0.05, 0) is 255 Å². The molecule has 5 amide bonds. The number of amides is 5. The predicted octanol–water partition coefficient (Wildman–Crippen LogP) is 16.6. The van der Waals surface area contributed by atoms with Gasteiger partial charge in [-0.15, -0.1) is 11.3 Å². The topological polar surface area (TPSA) is 284 Å². The molecule has 3 aromatic heterocycles. The second-order valence-electron chi connectivity index (χ2n) is 27.5. The largest absolute Gasteiger partial charge is 0.493 e. The molecule has 6 heterocycles. The summed E-state index contributed by atoms with van der Waals surface area (Å²) in [7, 11) is 8.14. The summed E-state index contributed by atoms with van der Waals surface area (Å²) in [4.78, 5) is 73.9. The first-order valence-corrected chi connectivity index (χ1v) is 39.3. The van der Waals surface area contributed by atoms with Crippen LogP contribution in [0.4, 0.5) is 16.2 Å². The minimum Gasteiger partial charge on any atom is -0.493 e. The van der Waals surface area contributed by atoms with Gasteiger partial charge in [-0.3, -0.25) is 34.5 Å². The first-order chi connectivity index (χ1) is 55.2. The van der Waals surface area contributed by atoms with E-state index in [-0.39, 0.29) is 55.2 Å². The third-order valence-electron chi connectivity index (χ3n) is 19.8. The lowest BCUT2D eigenvalue weighted by atomic mass is 10.0. The van der Waals surface area contributed by atoms with Crippen molar-refractivity contribution in [2.75, 3.05) is 79.0 Å². The molecule has 4 fully saturated rings. The van der Waals surface area contributed by atoms with E-state index in [1.165, 1.54) is 54.7 Å². The lowest BCUT2D eigenvalue weighted by Gasteiger charge is -2.24. The molecule has 590 valence electrons. The molecule has 25 nitrogen and oxygen atoms in total. The minimum atomic E-state index is -0.531. The molecule has 26 heteroatoms. The smallest absolute Gasteiger partial charge is 0.411 e. The van der Waals surface area contributed by atoms with E-state index in [0.717, 1.165) is 143 Å². The van der Waals surface area contributed by atoms with E-state index in [4.69, 9.17) is 57.5 Å². The molecule has 6 aromatic carbocycles. The Morgan fingerprint density at radius 2 is 0.982 bits per heavy atom. The molecular weight excluding hydrogens is 1460 g/mol. The lowest BCUT2D eigenvalue weighted by molar-refractivity contribution is -0.133.